The maximum Gasteiger partial charge on any atom is 0.0714 e. The van der Waals surface area contributed by atoms with E-state index in [2.05, 4.69) is 278 Å². The first-order valence-corrected chi connectivity index (χ1v) is 23.3. The van der Waals surface area contributed by atoms with Gasteiger partial charge >= 0.3 is 0 Å². The van der Waals surface area contributed by atoms with Crippen LogP contribution in [0.3, 0.4) is 0 Å². The van der Waals surface area contributed by atoms with Crippen molar-refractivity contribution in [2.45, 2.75) is 10.8 Å². The molecule has 2 aliphatic rings. The predicted molar refractivity (Wildman–Crippen MR) is 279 cm³/mol. The van der Waals surface area contributed by atoms with Gasteiger partial charge in [-0.25, -0.2) is 0 Å². The molecule has 11 aromatic carbocycles. The largest absolute Gasteiger partial charge is 0.310 e. The van der Waals surface area contributed by atoms with Crippen LogP contribution in [0.1, 0.15) is 44.5 Å². The Hall–Kier alpha value is -8.52. The van der Waals surface area contributed by atoms with Gasteiger partial charge in [0.2, 0.25) is 0 Å². The molecule has 1 heteroatoms. The Kier molecular flexibility index (Phi) is 9.05. The van der Waals surface area contributed by atoms with E-state index in [0.29, 0.717) is 0 Å². The molecular formula is C66H45N. The minimum absolute atomic E-state index is 0.538. The fraction of sp³-hybridized carbons (Fsp3) is 0.0303. The summed E-state index contributed by atoms with van der Waals surface area (Å²) in [6.45, 7) is 0. The summed E-state index contributed by atoms with van der Waals surface area (Å²) in [6.07, 6.45) is 0. The Morgan fingerprint density at radius 3 is 1.07 bits per heavy atom. The second-order valence-corrected chi connectivity index (χ2v) is 17.9. The van der Waals surface area contributed by atoms with Crippen molar-refractivity contribution in [1.82, 2.24) is 0 Å². The molecule has 0 fully saturated rings. The van der Waals surface area contributed by atoms with Crippen LogP contribution in [-0.2, 0) is 10.8 Å². The average Bonchev–Trinajstić information content (AvgIpc) is 3.88. The van der Waals surface area contributed by atoms with E-state index < -0.39 is 10.8 Å². The third kappa shape index (κ3) is 5.81. The van der Waals surface area contributed by atoms with Crippen LogP contribution in [0.15, 0.2) is 273 Å². The molecule has 0 unspecified atom stereocenters. The van der Waals surface area contributed by atoms with Crippen molar-refractivity contribution < 1.29 is 0 Å². The Morgan fingerprint density at radius 2 is 0.597 bits per heavy atom. The molecule has 0 aromatic heterocycles. The fourth-order valence-corrected chi connectivity index (χ4v) is 11.9. The second-order valence-electron chi connectivity index (χ2n) is 17.9. The van der Waals surface area contributed by atoms with Crippen LogP contribution < -0.4 is 4.90 Å². The van der Waals surface area contributed by atoms with E-state index in [1.54, 1.807) is 0 Å². The molecule has 0 heterocycles. The maximum atomic E-state index is 2.49. The van der Waals surface area contributed by atoms with Crippen LogP contribution in [-0.4, -0.2) is 0 Å². The summed E-state index contributed by atoms with van der Waals surface area (Å²) in [5.74, 6) is 0. The van der Waals surface area contributed by atoms with Crippen LogP contribution >= 0.6 is 0 Å². The zero-order valence-electron chi connectivity index (χ0n) is 36.9. The van der Waals surface area contributed by atoms with Gasteiger partial charge in [0.05, 0.1) is 10.8 Å². The lowest BCUT2D eigenvalue weighted by Crippen LogP contribution is -2.29. The molecule has 0 amide bonds. The van der Waals surface area contributed by atoms with Crippen molar-refractivity contribution in [2.75, 3.05) is 4.90 Å². The Balaban J connectivity index is 1.07. The van der Waals surface area contributed by atoms with Crippen molar-refractivity contribution >= 4 is 27.8 Å². The molecule has 314 valence electrons. The zero-order valence-corrected chi connectivity index (χ0v) is 36.9. The molecule has 0 spiro atoms. The first-order chi connectivity index (χ1) is 33.2. The highest BCUT2D eigenvalue weighted by atomic mass is 15.1. The van der Waals surface area contributed by atoms with E-state index in [0.717, 1.165) is 17.1 Å². The molecule has 0 saturated carbocycles. The van der Waals surface area contributed by atoms with Gasteiger partial charge in [-0.3, -0.25) is 0 Å². The first-order valence-electron chi connectivity index (χ1n) is 23.3. The lowest BCUT2D eigenvalue weighted by atomic mass is 9.67. The summed E-state index contributed by atoms with van der Waals surface area (Å²) in [7, 11) is 0. The van der Waals surface area contributed by atoms with Crippen LogP contribution in [0.5, 0.6) is 0 Å². The number of fused-ring (bicyclic) bond motifs is 7. The molecule has 0 radical (unpaired) electrons. The van der Waals surface area contributed by atoms with E-state index in [1.165, 1.54) is 88.7 Å². The zero-order chi connectivity index (χ0) is 44.4. The van der Waals surface area contributed by atoms with Crippen molar-refractivity contribution in [3.63, 3.8) is 0 Å². The molecule has 0 saturated heterocycles. The molecule has 0 aliphatic heterocycles. The monoisotopic (exact) mass is 851 g/mol. The topological polar surface area (TPSA) is 3.24 Å². The third-order valence-electron chi connectivity index (χ3n) is 14.6. The van der Waals surface area contributed by atoms with E-state index >= 15 is 0 Å². The van der Waals surface area contributed by atoms with Gasteiger partial charge in [-0.15, -0.1) is 0 Å². The molecule has 67 heavy (non-hydrogen) atoms. The molecule has 2 aliphatic carbocycles. The van der Waals surface area contributed by atoms with Crippen molar-refractivity contribution in [2.24, 2.45) is 0 Å². The highest BCUT2D eigenvalue weighted by Crippen LogP contribution is 2.59. The number of anilines is 3. The van der Waals surface area contributed by atoms with Crippen LogP contribution in [0.25, 0.3) is 44.2 Å². The van der Waals surface area contributed by atoms with Crippen molar-refractivity contribution in [1.29, 1.82) is 0 Å². The highest BCUT2D eigenvalue weighted by Gasteiger charge is 2.48. The van der Waals surface area contributed by atoms with Crippen molar-refractivity contribution in [3.05, 3.63) is 317 Å². The lowest BCUT2D eigenvalue weighted by Gasteiger charge is -2.36. The number of nitrogens with zero attached hydrogens (tertiary/aromatic N) is 1. The Bertz CT molecular complexity index is 3350. The van der Waals surface area contributed by atoms with E-state index in [9.17, 15) is 0 Å². The summed E-state index contributed by atoms with van der Waals surface area (Å²) in [4.78, 5) is 2.49. The van der Waals surface area contributed by atoms with E-state index in [1.807, 2.05) is 0 Å². The standard InChI is InChI=1S/C66H45N/c1-5-22-48(23-6-1)65(49-24-7-2-8-25-49)61-34-17-15-31-57(61)59-42-40-53(44-63(59)65)67(52-38-36-47(37-39-52)56-33-19-21-46-20-13-14-30-55(46)56)54-41-43-60-58-32-16-18-35-62(58)66(64(60)45-54,50-26-9-3-10-27-50)51-28-11-4-12-29-51/h1-45H. The predicted octanol–water partition coefficient (Wildman–Crippen LogP) is 16.7. The summed E-state index contributed by atoms with van der Waals surface area (Å²) < 4.78 is 0. The quantitative estimate of drug-likeness (QED) is 0.147. The number of benzene rings is 11. The van der Waals surface area contributed by atoms with Gasteiger partial charge in [0.15, 0.2) is 0 Å². The van der Waals surface area contributed by atoms with Crippen LogP contribution in [0, 0.1) is 0 Å². The van der Waals surface area contributed by atoms with Gasteiger partial charge in [-0.05, 0) is 125 Å². The molecule has 13 rings (SSSR count). The number of hydrogen-bond acceptors (Lipinski definition) is 1. The Morgan fingerprint density at radius 1 is 0.239 bits per heavy atom. The van der Waals surface area contributed by atoms with E-state index in [-0.39, 0.29) is 0 Å². The molecular weight excluding hydrogens is 807 g/mol. The Labute approximate surface area is 392 Å². The van der Waals surface area contributed by atoms with E-state index in [4.69, 9.17) is 0 Å². The summed E-state index contributed by atoms with van der Waals surface area (Å²) in [5, 5.41) is 2.49. The molecule has 0 bridgehead atoms. The van der Waals surface area contributed by atoms with Crippen molar-refractivity contribution in [3.8, 4) is 33.4 Å². The van der Waals surface area contributed by atoms with Gasteiger partial charge in [-0.1, -0.05) is 237 Å². The van der Waals surface area contributed by atoms with Gasteiger partial charge in [0, 0.05) is 17.1 Å². The minimum atomic E-state index is -0.538. The summed E-state index contributed by atoms with van der Waals surface area (Å²) >= 11 is 0. The average molecular weight is 852 g/mol. The maximum absolute atomic E-state index is 2.49. The highest BCUT2D eigenvalue weighted by molar-refractivity contribution is 5.97. The normalized spacial score (nSPS) is 13.6. The first kappa shape index (κ1) is 38.9. The third-order valence-corrected chi connectivity index (χ3v) is 14.6. The number of rotatable bonds is 8. The molecule has 0 N–H and O–H groups in total. The van der Waals surface area contributed by atoms with Crippen LogP contribution in [0.2, 0.25) is 0 Å². The molecule has 11 aromatic rings. The SMILES string of the molecule is c1ccc(C2(c3ccccc3)c3ccccc3-c3ccc(N(c4ccc(-c5cccc6ccccc56)cc4)c4ccc5c(c4)C(c4ccccc4)(c4ccccc4)c4ccccc4-5)cc32)cc1. The number of hydrogen-bond donors (Lipinski definition) is 0. The van der Waals surface area contributed by atoms with Gasteiger partial charge in [-0.2, -0.15) is 0 Å². The summed E-state index contributed by atoms with van der Waals surface area (Å²) in [6, 6.07) is 101. The van der Waals surface area contributed by atoms with Gasteiger partial charge < -0.3 is 4.90 Å². The summed E-state index contributed by atoms with van der Waals surface area (Å²) in [5.41, 5.74) is 19.8. The fourth-order valence-electron chi connectivity index (χ4n) is 11.9. The lowest BCUT2D eigenvalue weighted by molar-refractivity contribution is 0.767. The van der Waals surface area contributed by atoms with Gasteiger partial charge in [0.25, 0.3) is 0 Å². The smallest absolute Gasteiger partial charge is 0.0714 e. The second kappa shape index (κ2) is 15.6. The molecule has 0 atom stereocenters. The van der Waals surface area contributed by atoms with Gasteiger partial charge in [0.1, 0.15) is 0 Å². The van der Waals surface area contributed by atoms with Crippen LogP contribution in [0.4, 0.5) is 17.1 Å². The molecule has 1 nitrogen and oxygen atoms in total. The minimum Gasteiger partial charge on any atom is -0.310 e.